The third-order valence-corrected chi connectivity index (χ3v) is 2.18. The second kappa shape index (κ2) is 13.0. The van der Waals surface area contributed by atoms with Gasteiger partial charge < -0.3 is 16.0 Å². The molecule has 1 atom stereocenters. The maximum atomic E-state index is 11.2. The van der Waals surface area contributed by atoms with Gasteiger partial charge in [-0.05, 0) is 26.9 Å². The summed E-state index contributed by atoms with van der Waals surface area (Å²) in [7, 11) is 2.04. The van der Waals surface area contributed by atoms with Crippen molar-refractivity contribution in [1.29, 1.82) is 0 Å². The van der Waals surface area contributed by atoms with E-state index in [4.69, 9.17) is 5.73 Å². The third kappa shape index (κ3) is 14.0. The van der Waals surface area contributed by atoms with Crippen molar-refractivity contribution >= 4 is 30.7 Å². The number of hydrogen-bond acceptors (Lipinski definition) is 3. The Morgan fingerprint density at radius 2 is 2.00 bits per heavy atom. The molecule has 0 fully saturated rings. The first-order valence-corrected chi connectivity index (χ1v) is 5.27. The summed E-state index contributed by atoms with van der Waals surface area (Å²) in [5, 5.41) is 2.87. The minimum absolute atomic E-state index is 0. The molecule has 0 aliphatic rings. The van der Waals surface area contributed by atoms with Gasteiger partial charge in [0.15, 0.2) is 0 Å². The molecule has 0 bridgehead atoms. The molecule has 0 rings (SSSR count). The molecule has 16 heavy (non-hydrogen) atoms. The summed E-state index contributed by atoms with van der Waals surface area (Å²) in [6, 6.07) is 0.110. The van der Waals surface area contributed by atoms with Gasteiger partial charge in [0.2, 0.25) is 5.91 Å². The van der Waals surface area contributed by atoms with Gasteiger partial charge >= 0.3 is 0 Å². The van der Waals surface area contributed by atoms with Crippen molar-refractivity contribution in [2.24, 2.45) is 5.73 Å². The van der Waals surface area contributed by atoms with Gasteiger partial charge in [0.05, 0.1) is 0 Å². The highest BCUT2D eigenvalue weighted by molar-refractivity contribution is 5.85. The van der Waals surface area contributed by atoms with Crippen LogP contribution in [0.15, 0.2) is 0 Å². The largest absolute Gasteiger partial charge is 0.355 e. The number of nitrogens with zero attached hydrogens (tertiary/aromatic N) is 1. The van der Waals surface area contributed by atoms with Crippen LogP contribution in [0.4, 0.5) is 0 Å². The van der Waals surface area contributed by atoms with E-state index in [-0.39, 0.29) is 36.8 Å². The molecule has 0 aromatic heterocycles. The summed E-state index contributed by atoms with van der Waals surface area (Å²) in [5.41, 5.74) is 5.55. The highest BCUT2D eigenvalue weighted by Gasteiger charge is 2.02. The van der Waals surface area contributed by atoms with E-state index in [9.17, 15) is 4.79 Å². The maximum absolute atomic E-state index is 11.2. The quantitative estimate of drug-likeness (QED) is 0.729. The van der Waals surface area contributed by atoms with E-state index >= 15 is 0 Å². The van der Waals surface area contributed by atoms with Crippen LogP contribution in [0.2, 0.25) is 0 Å². The molecule has 0 aliphatic carbocycles. The Bertz CT molecular complexity index is 168. The molecule has 0 aliphatic heterocycles. The van der Waals surface area contributed by atoms with Crippen molar-refractivity contribution < 1.29 is 4.79 Å². The van der Waals surface area contributed by atoms with E-state index in [1.807, 2.05) is 14.0 Å². The van der Waals surface area contributed by atoms with Crippen LogP contribution in [0.3, 0.4) is 0 Å². The lowest BCUT2D eigenvalue weighted by Gasteiger charge is -2.14. The van der Waals surface area contributed by atoms with Gasteiger partial charge in [-0.1, -0.05) is 6.92 Å². The van der Waals surface area contributed by atoms with Gasteiger partial charge in [0.25, 0.3) is 0 Å². The van der Waals surface area contributed by atoms with Crippen molar-refractivity contribution in [3.05, 3.63) is 0 Å². The van der Waals surface area contributed by atoms with Crippen LogP contribution in [0.5, 0.6) is 0 Å². The zero-order valence-corrected chi connectivity index (χ0v) is 12.0. The van der Waals surface area contributed by atoms with Gasteiger partial charge in [-0.15, -0.1) is 24.8 Å². The molecular weight excluding hydrogens is 249 g/mol. The van der Waals surface area contributed by atoms with E-state index < -0.39 is 0 Å². The lowest BCUT2D eigenvalue weighted by atomic mass is 10.2. The Balaban J connectivity index is -0.000000845. The van der Waals surface area contributed by atoms with Crippen LogP contribution in [0, 0.1) is 0 Å². The average Bonchev–Trinajstić information content (AvgIpc) is 2.14. The molecule has 100 valence electrons. The second-order valence-electron chi connectivity index (χ2n) is 3.76. The highest BCUT2D eigenvalue weighted by atomic mass is 35.5. The number of halogens is 2. The van der Waals surface area contributed by atoms with Crippen molar-refractivity contribution in [2.45, 2.75) is 32.7 Å². The number of rotatable bonds is 7. The molecule has 0 saturated heterocycles. The number of carbonyl (C=O) groups excluding carboxylic acids is 1. The molecule has 0 saturated carbocycles. The summed E-state index contributed by atoms with van der Waals surface area (Å²) in [6.07, 6.45) is 1.29. The predicted octanol–water partition coefficient (Wildman–Crippen LogP) is 1.03. The first-order valence-electron chi connectivity index (χ1n) is 5.27. The zero-order valence-electron chi connectivity index (χ0n) is 10.4. The van der Waals surface area contributed by atoms with Crippen LogP contribution in [-0.2, 0) is 4.79 Å². The standard InChI is InChI=1S/C10H23N3O.2ClH/c1-4-13(3)8-7-12-10(14)6-5-9(2)11;;/h9H,4-8,11H2,1-3H3,(H,12,14);2*1H. The van der Waals surface area contributed by atoms with Crippen molar-refractivity contribution in [2.75, 3.05) is 26.7 Å². The van der Waals surface area contributed by atoms with E-state index in [2.05, 4.69) is 17.1 Å². The van der Waals surface area contributed by atoms with Gasteiger partial charge in [-0.25, -0.2) is 0 Å². The molecule has 3 N–H and O–H groups in total. The Hall–Kier alpha value is -0.0300. The fourth-order valence-corrected chi connectivity index (χ4v) is 0.991. The smallest absolute Gasteiger partial charge is 0.220 e. The lowest BCUT2D eigenvalue weighted by molar-refractivity contribution is -0.121. The molecule has 1 unspecified atom stereocenters. The highest BCUT2D eigenvalue weighted by Crippen LogP contribution is 1.92. The van der Waals surface area contributed by atoms with Crippen LogP contribution >= 0.6 is 24.8 Å². The monoisotopic (exact) mass is 273 g/mol. The van der Waals surface area contributed by atoms with E-state index in [0.717, 1.165) is 26.1 Å². The molecule has 1 amide bonds. The topological polar surface area (TPSA) is 58.4 Å². The fourth-order valence-electron chi connectivity index (χ4n) is 0.991. The maximum Gasteiger partial charge on any atom is 0.220 e. The Morgan fingerprint density at radius 3 is 2.44 bits per heavy atom. The number of nitrogens with two attached hydrogens (primary N) is 1. The van der Waals surface area contributed by atoms with Crippen molar-refractivity contribution in [3.63, 3.8) is 0 Å². The van der Waals surface area contributed by atoms with Crippen LogP contribution < -0.4 is 11.1 Å². The van der Waals surface area contributed by atoms with Gasteiger partial charge in [-0.3, -0.25) is 4.79 Å². The number of likely N-dealkylation sites (N-methyl/N-ethyl adjacent to an activating group) is 1. The molecule has 4 nitrogen and oxygen atoms in total. The number of carbonyl (C=O) groups is 1. The molecule has 0 aromatic carbocycles. The zero-order chi connectivity index (χ0) is 11.0. The molecular formula is C10H25Cl2N3O. The minimum Gasteiger partial charge on any atom is -0.355 e. The van der Waals surface area contributed by atoms with E-state index in [1.165, 1.54) is 0 Å². The summed E-state index contributed by atoms with van der Waals surface area (Å²) < 4.78 is 0. The van der Waals surface area contributed by atoms with E-state index in [0.29, 0.717) is 6.42 Å². The van der Waals surface area contributed by atoms with Gasteiger partial charge in [0, 0.05) is 25.6 Å². The SMILES string of the molecule is CCN(C)CCNC(=O)CCC(C)N.Cl.Cl. The van der Waals surface area contributed by atoms with Crippen LogP contribution in [-0.4, -0.2) is 43.5 Å². The predicted molar refractivity (Wildman–Crippen MR) is 73.6 cm³/mol. The minimum atomic E-state index is 0. The lowest BCUT2D eigenvalue weighted by Crippen LogP contribution is -2.33. The number of amides is 1. The van der Waals surface area contributed by atoms with Crippen molar-refractivity contribution in [1.82, 2.24) is 10.2 Å². The molecule has 0 heterocycles. The summed E-state index contributed by atoms with van der Waals surface area (Å²) in [5.74, 6) is 0.104. The Morgan fingerprint density at radius 1 is 1.44 bits per heavy atom. The van der Waals surface area contributed by atoms with Crippen molar-refractivity contribution in [3.8, 4) is 0 Å². The fraction of sp³-hybridized carbons (Fsp3) is 0.900. The average molecular weight is 274 g/mol. The molecule has 6 heteroatoms. The normalized spacial score (nSPS) is 11.3. The van der Waals surface area contributed by atoms with Gasteiger partial charge in [0.1, 0.15) is 0 Å². The summed E-state index contributed by atoms with van der Waals surface area (Å²) in [6.45, 7) is 6.65. The van der Waals surface area contributed by atoms with Crippen LogP contribution in [0.25, 0.3) is 0 Å². The van der Waals surface area contributed by atoms with E-state index in [1.54, 1.807) is 0 Å². The molecule has 0 spiro atoms. The summed E-state index contributed by atoms with van der Waals surface area (Å²) >= 11 is 0. The number of nitrogens with one attached hydrogen (secondary N) is 1. The molecule has 0 radical (unpaired) electrons. The first-order chi connectivity index (χ1) is 6.56. The first kappa shape index (κ1) is 21.3. The second-order valence-corrected chi connectivity index (χ2v) is 3.76. The molecule has 0 aromatic rings. The number of hydrogen-bond donors (Lipinski definition) is 2. The summed E-state index contributed by atoms with van der Waals surface area (Å²) in [4.78, 5) is 13.4. The Labute approximate surface area is 111 Å². The Kier molecular flexibility index (Phi) is 17.3. The van der Waals surface area contributed by atoms with Crippen LogP contribution in [0.1, 0.15) is 26.7 Å². The third-order valence-electron chi connectivity index (χ3n) is 2.18. The van der Waals surface area contributed by atoms with Gasteiger partial charge in [-0.2, -0.15) is 0 Å².